The second kappa shape index (κ2) is 4.31. The van der Waals surface area contributed by atoms with Gasteiger partial charge in [0.15, 0.2) is 5.76 Å². The molecule has 0 aromatic carbocycles. The molecule has 2 rings (SSSR count). The van der Waals surface area contributed by atoms with Crippen LogP contribution in [0.4, 0.5) is 0 Å². The Kier molecular flexibility index (Phi) is 2.87. The molecule has 4 heteroatoms. The fourth-order valence-electron chi connectivity index (χ4n) is 1.43. The van der Waals surface area contributed by atoms with Crippen molar-refractivity contribution in [3.63, 3.8) is 0 Å². The predicted molar refractivity (Wildman–Crippen MR) is 54.8 cm³/mol. The van der Waals surface area contributed by atoms with E-state index >= 15 is 0 Å². The lowest BCUT2D eigenvalue weighted by atomic mass is 10.1. The van der Waals surface area contributed by atoms with Crippen LogP contribution in [0.15, 0.2) is 33.6 Å². The van der Waals surface area contributed by atoms with Gasteiger partial charge in [-0.05, 0) is 41.3 Å². The minimum absolute atomic E-state index is 0.0507. The number of furan rings is 1. The number of rotatable bonds is 4. The van der Waals surface area contributed by atoms with Crippen LogP contribution in [0.1, 0.15) is 21.7 Å². The summed E-state index contributed by atoms with van der Waals surface area (Å²) in [6.45, 7) is 0. The third kappa shape index (κ3) is 2.27. The molecule has 0 amide bonds. The number of aromatic carboxylic acids is 1. The van der Waals surface area contributed by atoms with Crippen LogP contribution < -0.4 is 5.11 Å². The van der Waals surface area contributed by atoms with Crippen molar-refractivity contribution >= 4 is 17.3 Å². The highest BCUT2D eigenvalue weighted by atomic mass is 32.1. The molecule has 78 valence electrons. The van der Waals surface area contributed by atoms with Crippen LogP contribution >= 0.6 is 11.3 Å². The van der Waals surface area contributed by atoms with Crippen LogP contribution in [0, 0.1) is 0 Å². The zero-order valence-corrected chi connectivity index (χ0v) is 8.75. The van der Waals surface area contributed by atoms with E-state index in [1.807, 2.05) is 11.4 Å². The highest BCUT2D eigenvalue weighted by Crippen LogP contribution is 2.14. The Morgan fingerprint density at radius 3 is 2.93 bits per heavy atom. The number of carbonyl (C=O) groups is 1. The fourth-order valence-corrected chi connectivity index (χ4v) is 2.13. The Morgan fingerprint density at radius 2 is 2.27 bits per heavy atom. The van der Waals surface area contributed by atoms with Gasteiger partial charge in [0.2, 0.25) is 0 Å². The maximum absolute atomic E-state index is 10.6. The van der Waals surface area contributed by atoms with Crippen LogP contribution in [0.5, 0.6) is 0 Å². The number of aryl methyl sites for hydroxylation is 2. The normalized spacial score (nSPS) is 10.4. The van der Waals surface area contributed by atoms with Crippen LogP contribution in [0.3, 0.4) is 0 Å². The Balaban J connectivity index is 2.05. The zero-order valence-electron chi connectivity index (χ0n) is 7.93. The van der Waals surface area contributed by atoms with E-state index in [0.717, 1.165) is 6.42 Å². The van der Waals surface area contributed by atoms with Gasteiger partial charge in [-0.15, -0.1) is 0 Å². The molecule has 2 heterocycles. The van der Waals surface area contributed by atoms with Crippen molar-refractivity contribution in [2.45, 2.75) is 12.8 Å². The molecule has 0 atom stereocenters. The maximum atomic E-state index is 10.6. The second-order valence-corrected chi connectivity index (χ2v) is 3.97. The Labute approximate surface area is 91.0 Å². The molecular formula is C11H9O3S-. The molecular weight excluding hydrogens is 212 g/mol. The molecule has 0 aliphatic rings. The molecule has 0 aliphatic carbocycles. The summed E-state index contributed by atoms with van der Waals surface area (Å²) >= 11 is 1.64. The lowest BCUT2D eigenvalue weighted by Crippen LogP contribution is -2.22. The van der Waals surface area contributed by atoms with Gasteiger partial charge in [-0.3, -0.25) is 0 Å². The lowest BCUT2D eigenvalue weighted by Gasteiger charge is -2.01. The standard InChI is InChI=1S/C11H10O3S/c12-11(13)10-9(3-5-14-10)2-1-8-4-6-15-7-8/h3-7H,1-2H2,(H,12,13)/p-1. The van der Waals surface area contributed by atoms with Crippen molar-refractivity contribution in [3.8, 4) is 0 Å². The molecule has 2 aromatic heterocycles. The molecule has 0 N–H and O–H groups in total. The second-order valence-electron chi connectivity index (χ2n) is 3.19. The summed E-state index contributed by atoms with van der Waals surface area (Å²) in [7, 11) is 0. The predicted octanol–water partition coefficient (Wildman–Crippen LogP) is 1.49. The third-order valence-electron chi connectivity index (χ3n) is 2.20. The van der Waals surface area contributed by atoms with Gasteiger partial charge in [0.05, 0.1) is 6.26 Å². The van der Waals surface area contributed by atoms with Crippen LogP contribution in [-0.4, -0.2) is 5.97 Å². The summed E-state index contributed by atoms with van der Waals surface area (Å²) in [5.74, 6) is -1.30. The highest BCUT2D eigenvalue weighted by Gasteiger charge is 2.07. The van der Waals surface area contributed by atoms with E-state index in [1.54, 1.807) is 17.4 Å². The molecule has 3 nitrogen and oxygen atoms in total. The van der Waals surface area contributed by atoms with Gasteiger partial charge in [-0.1, -0.05) is 0 Å². The quantitative estimate of drug-likeness (QED) is 0.786. The third-order valence-corrected chi connectivity index (χ3v) is 2.93. The molecule has 0 bridgehead atoms. The minimum Gasteiger partial charge on any atom is -0.542 e. The largest absolute Gasteiger partial charge is 0.542 e. The molecule has 0 fully saturated rings. The summed E-state index contributed by atoms with van der Waals surface area (Å²) in [5, 5.41) is 14.7. The first-order valence-corrected chi connectivity index (χ1v) is 5.50. The Bertz CT molecular complexity index is 442. The molecule has 0 radical (unpaired) electrons. The van der Waals surface area contributed by atoms with E-state index in [2.05, 4.69) is 5.38 Å². The SMILES string of the molecule is O=C([O-])c1occc1CCc1ccsc1. The topological polar surface area (TPSA) is 53.3 Å². The van der Waals surface area contributed by atoms with E-state index in [1.165, 1.54) is 11.8 Å². The molecule has 0 spiro atoms. The molecule has 0 aliphatic heterocycles. The van der Waals surface area contributed by atoms with Gasteiger partial charge in [0.25, 0.3) is 0 Å². The van der Waals surface area contributed by atoms with Crippen molar-refractivity contribution in [1.29, 1.82) is 0 Å². The number of thiophene rings is 1. The van der Waals surface area contributed by atoms with E-state index < -0.39 is 5.97 Å². The number of hydrogen-bond acceptors (Lipinski definition) is 4. The van der Waals surface area contributed by atoms with Crippen molar-refractivity contribution in [1.82, 2.24) is 0 Å². The minimum atomic E-state index is -1.25. The maximum Gasteiger partial charge on any atom is 0.152 e. The number of carboxylic acids is 1. The summed E-state index contributed by atoms with van der Waals surface area (Å²) in [5.41, 5.74) is 1.91. The number of hydrogen-bond donors (Lipinski definition) is 0. The summed E-state index contributed by atoms with van der Waals surface area (Å²) < 4.78 is 4.84. The smallest absolute Gasteiger partial charge is 0.152 e. The average molecular weight is 221 g/mol. The average Bonchev–Trinajstić information content (AvgIpc) is 2.86. The van der Waals surface area contributed by atoms with Gasteiger partial charge < -0.3 is 14.3 Å². The van der Waals surface area contributed by atoms with Gasteiger partial charge >= 0.3 is 0 Å². The van der Waals surface area contributed by atoms with E-state index in [0.29, 0.717) is 12.0 Å². The first-order chi connectivity index (χ1) is 7.27. The van der Waals surface area contributed by atoms with Crippen molar-refractivity contribution in [3.05, 3.63) is 46.0 Å². The fraction of sp³-hybridized carbons (Fsp3) is 0.182. The summed E-state index contributed by atoms with van der Waals surface area (Å²) in [6.07, 6.45) is 2.87. The number of carboxylic acid groups (broad SMARTS) is 1. The van der Waals surface area contributed by atoms with Gasteiger partial charge in [0, 0.05) is 5.56 Å². The molecule has 2 aromatic rings. The first-order valence-electron chi connectivity index (χ1n) is 4.56. The van der Waals surface area contributed by atoms with Gasteiger partial charge in [-0.2, -0.15) is 11.3 Å². The van der Waals surface area contributed by atoms with Crippen LogP contribution in [-0.2, 0) is 12.8 Å². The van der Waals surface area contributed by atoms with Crippen molar-refractivity contribution in [2.75, 3.05) is 0 Å². The number of carbonyl (C=O) groups excluding carboxylic acids is 1. The summed E-state index contributed by atoms with van der Waals surface area (Å²) in [6, 6.07) is 3.71. The van der Waals surface area contributed by atoms with E-state index in [4.69, 9.17) is 4.42 Å². The van der Waals surface area contributed by atoms with Gasteiger partial charge in [-0.25, -0.2) is 0 Å². The summed E-state index contributed by atoms with van der Waals surface area (Å²) in [4.78, 5) is 10.6. The monoisotopic (exact) mass is 221 g/mol. The molecule has 0 unspecified atom stereocenters. The Hall–Kier alpha value is -1.55. The molecule has 15 heavy (non-hydrogen) atoms. The lowest BCUT2D eigenvalue weighted by molar-refractivity contribution is -0.257. The molecule has 0 saturated carbocycles. The van der Waals surface area contributed by atoms with Crippen molar-refractivity contribution in [2.24, 2.45) is 0 Å². The van der Waals surface area contributed by atoms with Gasteiger partial charge in [0.1, 0.15) is 5.97 Å². The first kappa shape index (κ1) is 9.98. The van der Waals surface area contributed by atoms with Crippen molar-refractivity contribution < 1.29 is 14.3 Å². The van der Waals surface area contributed by atoms with Crippen LogP contribution in [0.25, 0.3) is 0 Å². The Morgan fingerprint density at radius 1 is 1.40 bits per heavy atom. The molecule has 0 saturated heterocycles. The van der Waals surface area contributed by atoms with Crippen LogP contribution in [0.2, 0.25) is 0 Å². The van der Waals surface area contributed by atoms with E-state index in [9.17, 15) is 9.90 Å². The van der Waals surface area contributed by atoms with E-state index in [-0.39, 0.29) is 5.76 Å². The zero-order chi connectivity index (χ0) is 10.7. The highest BCUT2D eigenvalue weighted by molar-refractivity contribution is 7.07.